The maximum Gasteiger partial charge on any atom is 0.170 e. The molecule has 5 heteroatoms. The molecule has 0 aliphatic heterocycles. The topological polar surface area (TPSA) is 34.9 Å². The summed E-state index contributed by atoms with van der Waals surface area (Å²) in [5, 5.41) is 4.13. The smallest absolute Gasteiger partial charge is 0.170 e. The van der Waals surface area contributed by atoms with Crippen LogP contribution in [-0.2, 0) is 13.5 Å². The fourth-order valence-electron chi connectivity index (χ4n) is 1.53. The maximum absolute atomic E-state index is 12.9. The third kappa shape index (κ3) is 2.79. The molecular weight excluding hydrogens is 287 g/mol. The van der Waals surface area contributed by atoms with Crippen LogP contribution in [0, 0.1) is 5.82 Å². The highest BCUT2D eigenvalue weighted by Gasteiger charge is 2.12. The molecule has 0 aliphatic rings. The van der Waals surface area contributed by atoms with Crippen LogP contribution in [0.5, 0.6) is 0 Å². The lowest BCUT2D eigenvalue weighted by molar-refractivity contribution is 0.0991. The van der Waals surface area contributed by atoms with Gasteiger partial charge in [0.25, 0.3) is 0 Å². The number of nitrogens with zero attached hydrogens (tertiary/aromatic N) is 2. The Bertz CT molecular complexity index is 565. The van der Waals surface area contributed by atoms with Gasteiger partial charge < -0.3 is 0 Å². The Morgan fingerprint density at radius 1 is 1.47 bits per heavy atom. The number of benzene rings is 1. The second-order valence-electron chi connectivity index (χ2n) is 3.70. The van der Waals surface area contributed by atoms with Gasteiger partial charge in [-0.1, -0.05) is 0 Å². The summed E-state index contributed by atoms with van der Waals surface area (Å²) < 4.78 is 15.0. The van der Waals surface area contributed by atoms with Crippen molar-refractivity contribution < 1.29 is 9.18 Å². The van der Waals surface area contributed by atoms with E-state index in [0.29, 0.717) is 15.7 Å². The van der Waals surface area contributed by atoms with Crippen LogP contribution in [0.2, 0.25) is 0 Å². The first-order chi connectivity index (χ1) is 8.06. The summed E-state index contributed by atoms with van der Waals surface area (Å²) in [4.78, 5) is 12.0. The molecule has 0 unspecified atom stereocenters. The van der Waals surface area contributed by atoms with Gasteiger partial charge in [0.15, 0.2) is 5.78 Å². The van der Waals surface area contributed by atoms with Gasteiger partial charge in [-0.3, -0.25) is 9.48 Å². The lowest BCUT2D eigenvalue weighted by Gasteiger charge is -2.02. The number of ketones is 1. The summed E-state index contributed by atoms with van der Waals surface area (Å²) in [6.07, 6.45) is 1.99. The summed E-state index contributed by atoms with van der Waals surface area (Å²) in [5.74, 6) is -0.457. The zero-order valence-electron chi connectivity index (χ0n) is 9.15. The summed E-state index contributed by atoms with van der Waals surface area (Å²) in [7, 11) is 1.79. The molecule has 2 rings (SSSR count). The predicted octanol–water partition coefficient (Wildman–Crippen LogP) is 2.75. The lowest BCUT2D eigenvalue weighted by atomic mass is 10.1. The Morgan fingerprint density at radius 2 is 2.24 bits per heavy atom. The number of carbonyl (C=O) groups is 1. The molecule has 0 saturated heterocycles. The molecule has 0 bridgehead atoms. The van der Waals surface area contributed by atoms with Crippen molar-refractivity contribution in [3.63, 3.8) is 0 Å². The van der Waals surface area contributed by atoms with Gasteiger partial charge in [-0.05, 0) is 40.2 Å². The molecule has 0 aliphatic carbocycles. The zero-order valence-corrected chi connectivity index (χ0v) is 10.7. The number of hydrogen-bond donors (Lipinski definition) is 0. The van der Waals surface area contributed by atoms with E-state index in [9.17, 15) is 9.18 Å². The molecule has 0 saturated carbocycles. The third-order valence-electron chi connectivity index (χ3n) is 2.34. The summed E-state index contributed by atoms with van der Waals surface area (Å²) in [6, 6.07) is 5.82. The second-order valence-corrected chi connectivity index (χ2v) is 4.56. The summed E-state index contributed by atoms with van der Waals surface area (Å²) in [6.45, 7) is 0. The molecule has 0 fully saturated rings. The van der Waals surface area contributed by atoms with Crippen molar-refractivity contribution in [3.8, 4) is 0 Å². The van der Waals surface area contributed by atoms with E-state index < -0.39 is 0 Å². The van der Waals surface area contributed by atoms with Crippen LogP contribution in [0.3, 0.4) is 0 Å². The molecule has 0 spiro atoms. The molecule has 1 aromatic carbocycles. The largest absolute Gasteiger partial charge is 0.294 e. The SMILES string of the molecule is Cn1ccc(CC(=O)c2ccc(F)cc2Br)n1. The number of Topliss-reactive ketones (excluding diaryl/α,β-unsaturated/α-hetero) is 1. The molecule has 1 aromatic heterocycles. The minimum Gasteiger partial charge on any atom is -0.294 e. The summed E-state index contributed by atoms with van der Waals surface area (Å²) >= 11 is 3.18. The van der Waals surface area contributed by atoms with E-state index in [1.807, 2.05) is 0 Å². The Kier molecular flexibility index (Phi) is 3.38. The van der Waals surface area contributed by atoms with Crippen molar-refractivity contribution in [2.45, 2.75) is 6.42 Å². The molecule has 0 N–H and O–H groups in total. The van der Waals surface area contributed by atoms with E-state index >= 15 is 0 Å². The highest BCUT2D eigenvalue weighted by atomic mass is 79.9. The monoisotopic (exact) mass is 296 g/mol. The minimum atomic E-state index is -0.369. The number of aromatic nitrogens is 2. The number of hydrogen-bond acceptors (Lipinski definition) is 2. The van der Waals surface area contributed by atoms with E-state index in [2.05, 4.69) is 21.0 Å². The number of rotatable bonds is 3. The quantitative estimate of drug-likeness (QED) is 0.817. The Morgan fingerprint density at radius 3 is 2.82 bits per heavy atom. The molecule has 0 radical (unpaired) electrons. The standard InChI is InChI=1S/C12H10BrFN2O/c1-16-5-4-9(15-16)7-12(17)10-3-2-8(14)6-11(10)13/h2-6H,7H2,1H3. The fraction of sp³-hybridized carbons (Fsp3) is 0.167. The molecule has 88 valence electrons. The van der Waals surface area contributed by atoms with Crippen LogP contribution in [0.25, 0.3) is 0 Å². The van der Waals surface area contributed by atoms with Crippen LogP contribution >= 0.6 is 15.9 Å². The van der Waals surface area contributed by atoms with Gasteiger partial charge in [0.1, 0.15) is 5.82 Å². The zero-order chi connectivity index (χ0) is 12.4. The predicted molar refractivity (Wildman–Crippen MR) is 65.3 cm³/mol. The van der Waals surface area contributed by atoms with Crippen molar-refractivity contribution in [1.82, 2.24) is 9.78 Å². The third-order valence-corrected chi connectivity index (χ3v) is 3.00. The highest BCUT2D eigenvalue weighted by molar-refractivity contribution is 9.10. The number of carbonyl (C=O) groups excluding carboxylic acids is 1. The first kappa shape index (κ1) is 12.0. The lowest BCUT2D eigenvalue weighted by Crippen LogP contribution is -2.05. The average Bonchev–Trinajstić information content (AvgIpc) is 2.63. The normalized spacial score (nSPS) is 10.5. The van der Waals surface area contributed by atoms with Gasteiger partial charge in [0.2, 0.25) is 0 Å². The van der Waals surface area contributed by atoms with E-state index in [0.717, 1.165) is 0 Å². The number of aryl methyl sites for hydroxylation is 1. The highest BCUT2D eigenvalue weighted by Crippen LogP contribution is 2.19. The van der Waals surface area contributed by atoms with Crippen LogP contribution in [-0.4, -0.2) is 15.6 Å². The maximum atomic E-state index is 12.9. The Balaban J connectivity index is 2.20. The van der Waals surface area contributed by atoms with Crippen molar-refractivity contribution in [1.29, 1.82) is 0 Å². The van der Waals surface area contributed by atoms with Crippen LogP contribution < -0.4 is 0 Å². The molecule has 3 nitrogen and oxygen atoms in total. The van der Waals surface area contributed by atoms with Crippen molar-refractivity contribution in [3.05, 3.63) is 52.0 Å². The minimum absolute atomic E-state index is 0.0874. The van der Waals surface area contributed by atoms with Crippen molar-refractivity contribution in [2.75, 3.05) is 0 Å². The van der Waals surface area contributed by atoms with Gasteiger partial charge in [-0.25, -0.2) is 4.39 Å². The van der Waals surface area contributed by atoms with Gasteiger partial charge in [-0.15, -0.1) is 0 Å². The van der Waals surface area contributed by atoms with E-state index in [1.54, 1.807) is 24.0 Å². The van der Waals surface area contributed by atoms with Crippen LogP contribution in [0.1, 0.15) is 16.1 Å². The van der Waals surface area contributed by atoms with Crippen molar-refractivity contribution >= 4 is 21.7 Å². The van der Waals surface area contributed by atoms with E-state index in [-0.39, 0.29) is 18.0 Å². The second kappa shape index (κ2) is 4.79. The average molecular weight is 297 g/mol. The van der Waals surface area contributed by atoms with Crippen LogP contribution in [0.4, 0.5) is 4.39 Å². The summed E-state index contributed by atoms with van der Waals surface area (Å²) in [5.41, 5.74) is 1.17. The van der Waals surface area contributed by atoms with E-state index in [4.69, 9.17) is 0 Å². The van der Waals surface area contributed by atoms with Crippen molar-refractivity contribution in [2.24, 2.45) is 7.05 Å². The first-order valence-corrected chi connectivity index (χ1v) is 5.82. The first-order valence-electron chi connectivity index (χ1n) is 5.03. The van der Waals surface area contributed by atoms with Gasteiger partial charge >= 0.3 is 0 Å². The Hall–Kier alpha value is -1.49. The molecule has 0 amide bonds. The van der Waals surface area contributed by atoms with Gasteiger partial charge in [0.05, 0.1) is 12.1 Å². The number of halogens is 2. The molecule has 1 heterocycles. The molecular formula is C12H10BrFN2O. The van der Waals surface area contributed by atoms with Gasteiger partial charge in [0, 0.05) is 23.3 Å². The molecule has 17 heavy (non-hydrogen) atoms. The molecule has 2 aromatic rings. The fourth-order valence-corrected chi connectivity index (χ4v) is 2.10. The Labute approximate surface area is 106 Å². The van der Waals surface area contributed by atoms with Gasteiger partial charge in [-0.2, -0.15) is 5.10 Å². The molecule has 0 atom stereocenters. The van der Waals surface area contributed by atoms with E-state index in [1.165, 1.54) is 18.2 Å². The van der Waals surface area contributed by atoms with Crippen LogP contribution in [0.15, 0.2) is 34.9 Å².